The summed E-state index contributed by atoms with van der Waals surface area (Å²) in [6.45, 7) is 8.87. The van der Waals surface area contributed by atoms with Crippen molar-refractivity contribution in [2.24, 2.45) is 0 Å². The van der Waals surface area contributed by atoms with Crippen molar-refractivity contribution in [2.45, 2.75) is 45.6 Å². The lowest BCUT2D eigenvalue weighted by Gasteiger charge is -2.22. The van der Waals surface area contributed by atoms with Crippen LogP contribution in [0.3, 0.4) is 0 Å². The van der Waals surface area contributed by atoms with Gasteiger partial charge in [0.15, 0.2) is 0 Å². The van der Waals surface area contributed by atoms with Gasteiger partial charge in [0.2, 0.25) is 5.91 Å². The molecule has 0 bridgehead atoms. The number of amides is 1. The van der Waals surface area contributed by atoms with Crippen LogP contribution < -0.4 is 10.6 Å². The molecule has 100 valence electrons. The SMILES string of the molecule is CCCCNC(=O)CNCC1CCCN1CC. The minimum Gasteiger partial charge on any atom is -0.355 e. The van der Waals surface area contributed by atoms with Gasteiger partial charge in [0.25, 0.3) is 0 Å². The van der Waals surface area contributed by atoms with E-state index in [-0.39, 0.29) is 5.91 Å². The zero-order valence-corrected chi connectivity index (χ0v) is 11.3. The van der Waals surface area contributed by atoms with Crippen molar-refractivity contribution in [1.82, 2.24) is 15.5 Å². The summed E-state index contributed by atoms with van der Waals surface area (Å²) in [6.07, 6.45) is 4.75. The molecule has 1 fully saturated rings. The fourth-order valence-electron chi connectivity index (χ4n) is 2.36. The molecule has 0 aliphatic carbocycles. The second-order valence-corrected chi connectivity index (χ2v) is 4.76. The smallest absolute Gasteiger partial charge is 0.233 e. The van der Waals surface area contributed by atoms with Gasteiger partial charge in [-0.2, -0.15) is 0 Å². The van der Waals surface area contributed by atoms with Gasteiger partial charge in [-0.15, -0.1) is 0 Å². The fraction of sp³-hybridized carbons (Fsp3) is 0.923. The molecule has 2 N–H and O–H groups in total. The highest BCUT2D eigenvalue weighted by molar-refractivity contribution is 5.77. The lowest BCUT2D eigenvalue weighted by Crippen LogP contribution is -2.41. The van der Waals surface area contributed by atoms with Gasteiger partial charge in [-0.3, -0.25) is 9.69 Å². The van der Waals surface area contributed by atoms with Crippen LogP contribution in [0.4, 0.5) is 0 Å². The van der Waals surface area contributed by atoms with Gasteiger partial charge in [-0.25, -0.2) is 0 Å². The standard InChI is InChI=1S/C13H27N3O/c1-3-5-8-15-13(17)11-14-10-12-7-6-9-16(12)4-2/h12,14H,3-11H2,1-2H3,(H,15,17). The predicted octanol–water partition coefficient (Wildman–Crippen LogP) is 0.977. The minimum atomic E-state index is 0.125. The van der Waals surface area contributed by atoms with Gasteiger partial charge >= 0.3 is 0 Å². The van der Waals surface area contributed by atoms with E-state index in [0.29, 0.717) is 12.6 Å². The van der Waals surface area contributed by atoms with Crippen LogP contribution >= 0.6 is 0 Å². The summed E-state index contributed by atoms with van der Waals surface area (Å²) >= 11 is 0. The molecule has 0 radical (unpaired) electrons. The zero-order valence-electron chi connectivity index (χ0n) is 11.3. The van der Waals surface area contributed by atoms with E-state index >= 15 is 0 Å². The summed E-state index contributed by atoms with van der Waals surface area (Å²) in [7, 11) is 0. The molecule has 1 heterocycles. The van der Waals surface area contributed by atoms with Crippen molar-refractivity contribution in [1.29, 1.82) is 0 Å². The molecule has 17 heavy (non-hydrogen) atoms. The Morgan fingerprint density at radius 2 is 2.24 bits per heavy atom. The summed E-state index contributed by atoms with van der Waals surface area (Å²) in [5.41, 5.74) is 0. The summed E-state index contributed by atoms with van der Waals surface area (Å²) in [4.78, 5) is 13.9. The van der Waals surface area contributed by atoms with Crippen LogP contribution in [-0.2, 0) is 4.79 Å². The zero-order chi connectivity index (χ0) is 12.5. The van der Waals surface area contributed by atoms with Crippen molar-refractivity contribution in [3.8, 4) is 0 Å². The number of carbonyl (C=O) groups excluding carboxylic acids is 1. The van der Waals surface area contributed by atoms with Crippen LogP contribution in [0.1, 0.15) is 39.5 Å². The van der Waals surface area contributed by atoms with Gasteiger partial charge in [-0.1, -0.05) is 20.3 Å². The number of likely N-dealkylation sites (tertiary alicyclic amines) is 1. The highest BCUT2D eigenvalue weighted by atomic mass is 16.1. The monoisotopic (exact) mass is 241 g/mol. The molecule has 0 spiro atoms. The van der Waals surface area contributed by atoms with Crippen LogP contribution in [0.5, 0.6) is 0 Å². The van der Waals surface area contributed by atoms with Gasteiger partial charge in [0.1, 0.15) is 0 Å². The Kier molecular flexibility index (Phi) is 7.21. The Bertz CT molecular complexity index is 221. The minimum absolute atomic E-state index is 0.125. The third-order valence-corrected chi connectivity index (χ3v) is 3.42. The van der Waals surface area contributed by atoms with E-state index in [9.17, 15) is 4.79 Å². The van der Waals surface area contributed by atoms with Crippen molar-refractivity contribution in [3.63, 3.8) is 0 Å². The van der Waals surface area contributed by atoms with Crippen LogP contribution in [-0.4, -0.2) is 49.6 Å². The van der Waals surface area contributed by atoms with E-state index in [0.717, 1.165) is 32.5 Å². The predicted molar refractivity (Wildman–Crippen MR) is 71.1 cm³/mol. The van der Waals surface area contributed by atoms with Gasteiger partial charge in [-0.05, 0) is 32.4 Å². The molecule has 1 aliphatic rings. The number of hydrogen-bond donors (Lipinski definition) is 2. The van der Waals surface area contributed by atoms with E-state index in [1.165, 1.54) is 19.4 Å². The van der Waals surface area contributed by atoms with Crippen molar-refractivity contribution in [2.75, 3.05) is 32.7 Å². The quantitative estimate of drug-likeness (QED) is 0.623. The molecular weight excluding hydrogens is 214 g/mol. The first-order chi connectivity index (χ1) is 8.27. The number of likely N-dealkylation sites (N-methyl/N-ethyl adjacent to an activating group) is 1. The van der Waals surface area contributed by atoms with E-state index in [2.05, 4.69) is 29.4 Å². The first-order valence-corrected chi connectivity index (χ1v) is 6.99. The molecule has 0 aromatic carbocycles. The number of nitrogens with zero attached hydrogens (tertiary/aromatic N) is 1. The number of carbonyl (C=O) groups is 1. The molecule has 0 aromatic heterocycles. The largest absolute Gasteiger partial charge is 0.355 e. The van der Waals surface area contributed by atoms with Gasteiger partial charge in [0.05, 0.1) is 6.54 Å². The van der Waals surface area contributed by atoms with Crippen LogP contribution in [0.2, 0.25) is 0 Å². The maximum Gasteiger partial charge on any atom is 0.233 e. The van der Waals surface area contributed by atoms with Crippen molar-refractivity contribution >= 4 is 5.91 Å². The lowest BCUT2D eigenvalue weighted by molar-refractivity contribution is -0.120. The first-order valence-electron chi connectivity index (χ1n) is 6.99. The Morgan fingerprint density at radius 3 is 2.94 bits per heavy atom. The second kappa shape index (κ2) is 8.48. The molecule has 1 saturated heterocycles. The van der Waals surface area contributed by atoms with E-state index in [1.807, 2.05) is 0 Å². The molecule has 1 amide bonds. The summed E-state index contributed by atoms with van der Waals surface area (Å²) in [5, 5.41) is 6.18. The van der Waals surface area contributed by atoms with Crippen LogP contribution in [0.25, 0.3) is 0 Å². The Labute approximate surface area is 105 Å². The lowest BCUT2D eigenvalue weighted by atomic mass is 10.2. The highest BCUT2D eigenvalue weighted by Crippen LogP contribution is 2.15. The summed E-state index contributed by atoms with van der Waals surface area (Å²) in [5.74, 6) is 0.125. The third-order valence-electron chi connectivity index (χ3n) is 3.42. The topological polar surface area (TPSA) is 44.4 Å². The summed E-state index contributed by atoms with van der Waals surface area (Å²) < 4.78 is 0. The Hall–Kier alpha value is -0.610. The van der Waals surface area contributed by atoms with Crippen molar-refractivity contribution < 1.29 is 4.79 Å². The van der Waals surface area contributed by atoms with E-state index < -0.39 is 0 Å². The number of nitrogens with one attached hydrogen (secondary N) is 2. The number of hydrogen-bond acceptors (Lipinski definition) is 3. The van der Waals surface area contributed by atoms with E-state index in [1.54, 1.807) is 0 Å². The van der Waals surface area contributed by atoms with Crippen molar-refractivity contribution in [3.05, 3.63) is 0 Å². The number of rotatable bonds is 8. The highest BCUT2D eigenvalue weighted by Gasteiger charge is 2.22. The third kappa shape index (κ3) is 5.50. The van der Waals surface area contributed by atoms with E-state index in [4.69, 9.17) is 0 Å². The van der Waals surface area contributed by atoms with Gasteiger partial charge in [0, 0.05) is 19.1 Å². The molecule has 1 atom stereocenters. The van der Waals surface area contributed by atoms with Gasteiger partial charge < -0.3 is 10.6 Å². The molecule has 4 heteroatoms. The Balaban J connectivity index is 2.04. The maximum atomic E-state index is 11.5. The normalized spacial score (nSPS) is 20.7. The molecule has 1 rings (SSSR count). The summed E-state index contributed by atoms with van der Waals surface area (Å²) in [6, 6.07) is 0.628. The Morgan fingerprint density at radius 1 is 1.41 bits per heavy atom. The average molecular weight is 241 g/mol. The molecule has 4 nitrogen and oxygen atoms in total. The molecule has 0 saturated carbocycles. The van der Waals surface area contributed by atoms with Crippen LogP contribution in [0.15, 0.2) is 0 Å². The average Bonchev–Trinajstić information content (AvgIpc) is 2.77. The molecule has 1 aliphatic heterocycles. The first kappa shape index (κ1) is 14.5. The second-order valence-electron chi connectivity index (χ2n) is 4.76. The number of unbranched alkanes of at least 4 members (excludes halogenated alkanes) is 1. The molecule has 0 aromatic rings. The maximum absolute atomic E-state index is 11.5. The molecular formula is C13H27N3O. The molecule has 1 unspecified atom stereocenters. The van der Waals surface area contributed by atoms with Crippen LogP contribution in [0, 0.1) is 0 Å². The fourth-order valence-corrected chi connectivity index (χ4v) is 2.36.